The second-order valence-electron chi connectivity index (χ2n) is 11.4. The topological polar surface area (TPSA) is 283 Å². The van der Waals surface area contributed by atoms with Gasteiger partial charge in [-0.3, -0.25) is 18.5 Å². The summed E-state index contributed by atoms with van der Waals surface area (Å²) >= 11 is 0. The molecule has 21 heteroatoms. The van der Waals surface area contributed by atoms with E-state index in [9.17, 15) is 57.8 Å². The lowest BCUT2D eigenvalue weighted by molar-refractivity contribution is 0.262. The van der Waals surface area contributed by atoms with E-state index in [0.717, 1.165) is 36.4 Å². The molecule has 0 saturated heterocycles. The van der Waals surface area contributed by atoms with Gasteiger partial charge in [-0.2, -0.15) is 16.8 Å². The second kappa shape index (κ2) is 13.8. The highest BCUT2D eigenvalue weighted by Crippen LogP contribution is 2.38. The highest BCUT2D eigenvalue weighted by Gasteiger charge is 2.24. The molecule has 6 aromatic rings. The SMILES string of the molecule is O=C(Nc1cccc(S(=O)(=O)Nc2c(O)ccc3c(S(=O)(=O)O)cccc23)c1)Nc1cccc(S(=O)(=O)Nc2c(O)ccc3c(S(=O)(=O)O)cccc23)c1. The largest absolute Gasteiger partial charge is 0.506 e. The fraction of sp³-hybridized carbons (Fsp3) is 0. The molecule has 17 nitrogen and oxygen atoms in total. The number of benzene rings is 6. The summed E-state index contributed by atoms with van der Waals surface area (Å²) in [5.41, 5.74) is -0.825. The van der Waals surface area contributed by atoms with Crippen molar-refractivity contribution in [3.8, 4) is 11.5 Å². The third kappa shape index (κ3) is 7.71. The van der Waals surface area contributed by atoms with Crippen LogP contribution in [0.15, 0.2) is 129 Å². The lowest BCUT2D eigenvalue weighted by Crippen LogP contribution is -2.20. The van der Waals surface area contributed by atoms with Crippen LogP contribution in [0.25, 0.3) is 21.5 Å². The summed E-state index contributed by atoms with van der Waals surface area (Å²) in [4.78, 5) is 11.1. The Labute approximate surface area is 307 Å². The molecule has 0 aliphatic rings. The molecule has 54 heavy (non-hydrogen) atoms. The summed E-state index contributed by atoms with van der Waals surface area (Å²) in [5.74, 6) is -1.10. The van der Waals surface area contributed by atoms with Gasteiger partial charge in [0.15, 0.2) is 0 Å². The van der Waals surface area contributed by atoms with Gasteiger partial charge in [0.05, 0.1) is 21.2 Å². The van der Waals surface area contributed by atoms with Crippen LogP contribution in [-0.4, -0.2) is 59.0 Å². The Hall–Kier alpha value is -5.97. The van der Waals surface area contributed by atoms with Crippen molar-refractivity contribution in [3.63, 3.8) is 0 Å². The van der Waals surface area contributed by atoms with Crippen LogP contribution in [0.2, 0.25) is 0 Å². The molecule has 0 heterocycles. The zero-order valence-electron chi connectivity index (χ0n) is 27.0. The first-order valence-electron chi connectivity index (χ1n) is 15.0. The van der Waals surface area contributed by atoms with E-state index in [1.54, 1.807) is 0 Å². The molecule has 0 aromatic heterocycles. The van der Waals surface area contributed by atoms with Crippen molar-refractivity contribution in [1.82, 2.24) is 0 Å². The summed E-state index contributed by atoms with van der Waals surface area (Å²) in [7, 11) is -18.4. The van der Waals surface area contributed by atoms with E-state index in [-0.39, 0.29) is 54.1 Å². The van der Waals surface area contributed by atoms with E-state index < -0.39 is 67.6 Å². The molecule has 0 saturated carbocycles. The number of carbonyl (C=O) groups excluding carboxylic acids is 1. The number of phenolic OH excluding ortho intramolecular Hbond substituents is 2. The number of phenols is 2. The first-order valence-corrected chi connectivity index (χ1v) is 20.9. The smallest absolute Gasteiger partial charge is 0.323 e. The molecule has 0 spiro atoms. The summed E-state index contributed by atoms with van der Waals surface area (Å²) in [6.45, 7) is 0. The van der Waals surface area contributed by atoms with Crippen molar-refractivity contribution in [2.75, 3.05) is 20.1 Å². The quantitative estimate of drug-likeness (QED) is 0.0657. The minimum atomic E-state index is -4.70. The van der Waals surface area contributed by atoms with E-state index >= 15 is 0 Å². The molecule has 280 valence electrons. The van der Waals surface area contributed by atoms with Crippen molar-refractivity contribution < 1.29 is 57.8 Å². The van der Waals surface area contributed by atoms with Crippen LogP contribution < -0.4 is 20.1 Å². The van der Waals surface area contributed by atoms with Crippen molar-refractivity contribution >= 4 is 90.6 Å². The van der Waals surface area contributed by atoms with Crippen LogP contribution in [0, 0.1) is 0 Å². The van der Waals surface area contributed by atoms with Crippen LogP contribution in [0.5, 0.6) is 11.5 Å². The number of hydrogen-bond donors (Lipinski definition) is 8. The van der Waals surface area contributed by atoms with Crippen LogP contribution in [0.3, 0.4) is 0 Å². The van der Waals surface area contributed by atoms with Crippen molar-refractivity contribution in [2.45, 2.75) is 19.6 Å². The molecule has 0 atom stereocenters. The van der Waals surface area contributed by atoms with Crippen molar-refractivity contribution in [2.24, 2.45) is 0 Å². The average Bonchev–Trinajstić information content (AvgIpc) is 3.09. The van der Waals surface area contributed by atoms with Gasteiger partial charge in [0.1, 0.15) is 21.3 Å². The van der Waals surface area contributed by atoms with Crippen LogP contribution in [0.4, 0.5) is 27.5 Å². The van der Waals surface area contributed by atoms with E-state index in [2.05, 4.69) is 20.1 Å². The maximum atomic E-state index is 13.4. The van der Waals surface area contributed by atoms with Crippen LogP contribution >= 0.6 is 0 Å². The summed E-state index contributed by atoms with van der Waals surface area (Å²) in [6.07, 6.45) is 0. The normalized spacial score (nSPS) is 12.3. The number of sulfonamides is 2. The Morgan fingerprint density at radius 1 is 0.463 bits per heavy atom. The van der Waals surface area contributed by atoms with E-state index in [0.29, 0.717) is 0 Å². The maximum absolute atomic E-state index is 13.4. The van der Waals surface area contributed by atoms with Gasteiger partial charge >= 0.3 is 6.03 Å². The molecule has 0 fully saturated rings. The highest BCUT2D eigenvalue weighted by molar-refractivity contribution is 7.93. The summed E-state index contributed by atoms with van der Waals surface area (Å²) < 4.78 is 125. The predicted molar refractivity (Wildman–Crippen MR) is 198 cm³/mol. The molecule has 8 N–H and O–H groups in total. The summed E-state index contributed by atoms with van der Waals surface area (Å²) in [6, 6.07) is 20.7. The van der Waals surface area contributed by atoms with Gasteiger partial charge in [0.2, 0.25) is 0 Å². The highest BCUT2D eigenvalue weighted by atomic mass is 32.2. The second-order valence-corrected chi connectivity index (χ2v) is 17.6. The Morgan fingerprint density at radius 3 is 1.20 bits per heavy atom. The molecule has 6 rings (SSSR count). The number of urea groups is 1. The summed E-state index contributed by atoms with van der Waals surface area (Å²) in [5, 5.41) is 25.6. The Bertz CT molecular complexity index is 2770. The minimum absolute atomic E-state index is 0.0349. The lowest BCUT2D eigenvalue weighted by Gasteiger charge is -2.15. The standard InChI is InChI=1S/C33H26N4O13S4/c38-27-15-13-23-25(9-3-11-29(23)53(45,46)47)31(27)36-51(41,42)21-7-1-5-19(17-21)34-33(40)35-20-6-2-8-22(18-20)52(43,44)37-32-26-10-4-12-30(54(48,49)50)24(26)14-16-28(32)39/h1-18,36-39H,(H2,34,35,40)(H,45,46,47)(H,48,49,50). The molecule has 0 radical (unpaired) electrons. The maximum Gasteiger partial charge on any atom is 0.323 e. The van der Waals surface area contributed by atoms with Gasteiger partial charge in [-0.25, -0.2) is 21.6 Å². The third-order valence-corrected chi connectivity index (χ3v) is 12.4. The zero-order chi connectivity index (χ0) is 39.2. The lowest BCUT2D eigenvalue weighted by atomic mass is 10.1. The number of hydrogen-bond acceptors (Lipinski definition) is 11. The van der Waals surface area contributed by atoms with Crippen LogP contribution in [0.1, 0.15) is 0 Å². The number of carbonyl (C=O) groups is 1. The Morgan fingerprint density at radius 2 is 0.833 bits per heavy atom. The van der Waals surface area contributed by atoms with Crippen molar-refractivity contribution in [1.29, 1.82) is 0 Å². The number of rotatable bonds is 10. The molecular formula is C33H26N4O13S4. The van der Waals surface area contributed by atoms with Gasteiger partial charge in [0, 0.05) is 32.9 Å². The number of amides is 2. The van der Waals surface area contributed by atoms with Gasteiger partial charge in [0.25, 0.3) is 40.3 Å². The van der Waals surface area contributed by atoms with Crippen molar-refractivity contribution in [3.05, 3.63) is 109 Å². The molecule has 0 unspecified atom stereocenters. The zero-order valence-corrected chi connectivity index (χ0v) is 30.3. The van der Waals surface area contributed by atoms with Gasteiger partial charge in [-0.15, -0.1) is 0 Å². The fourth-order valence-corrected chi connectivity index (χ4v) is 9.16. The number of anilines is 4. The third-order valence-electron chi connectivity index (χ3n) is 7.83. The Balaban J connectivity index is 1.21. The first kappa shape index (κ1) is 37.8. The monoisotopic (exact) mass is 814 g/mol. The molecule has 6 aromatic carbocycles. The molecule has 2 amide bonds. The molecular weight excluding hydrogens is 789 g/mol. The minimum Gasteiger partial charge on any atom is -0.506 e. The predicted octanol–water partition coefficient (Wildman–Crippen LogP) is 5.14. The van der Waals surface area contributed by atoms with E-state index in [1.165, 1.54) is 72.8 Å². The number of fused-ring (bicyclic) bond motifs is 2. The average molecular weight is 815 g/mol. The number of nitrogens with one attached hydrogen (secondary N) is 4. The fourth-order valence-electron chi connectivity index (χ4n) is 5.46. The first-order chi connectivity index (χ1) is 25.2. The Kier molecular flexibility index (Phi) is 9.64. The molecule has 0 bridgehead atoms. The molecule has 0 aliphatic heterocycles. The molecule has 0 aliphatic carbocycles. The van der Waals surface area contributed by atoms with E-state index in [4.69, 9.17) is 0 Å². The van der Waals surface area contributed by atoms with Gasteiger partial charge in [-0.1, -0.05) is 36.4 Å². The van der Waals surface area contributed by atoms with Crippen LogP contribution in [-0.2, 0) is 40.3 Å². The number of aromatic hydroxyl groups is 2. The van der Waals surface area contributed by atoms with Gasteiger partial charge in [-0.05, 0) is 72.8 Å². The van der Waals surface area contributed by atoms with Gasteiger partial charge < -0.3 is 20.8 Å². The van der Waals surface area contributed by atoms with E-state index in [1.807, 2.05) is 0 Å².